The Morgan fingerprint density at radius 3 is 2.11 bits per heavy atom. The summed E-state index contributed by atoms with van der Waals surface area (Å²) in [5.41, 5.74) is 5.08. The summed E-state index contributed by atoms with van der Waals surface area (Å²) in [6, 6.07) is 21.0. The molecule has 4 nitrogen and oxygen atoms in total. The maximum atomic E-state index is 6.61. The van der Waals surface area contributed by atoms with Crippen molar-refractivity contribution < 1.29 is 4.42 Å². The third-order valence-electron chi connectivity index (χ3n) is 7.13. The van der Waals surface area contributed by atoms with Gasteiger partial charge in [-0.1, -0.05) is 77.1 Å². The predicted molar refractivity (Wildman–Crippen MR) is 150 cm³/mol. The van der Waals surface area contributed by atoms with E-state index in [0.29, 0.717) is 43.1 Å². The second-order valence-corrected chi connectivity index (χ2v) is 11.0. The van der Waals surface area contributed by atoms with Crippen LogP contribution in [0.25, 0.3) is 28.4 Å². The van der Waals surface area contributed by atoms with E-state index in [0.717, 1.165) is 41.6 Å². The van der Waals surface area contributed by atoms with Crippen molar-refractivity contribution in [3.05, 3.63) is 110 Å². The average molecular weight is 569 g/mol. The van der Waals surface area contributed by atoms with Crippen LogP contribution in [0.5, 0.6) is 0 Å². The molecule has 0 saturated heterocycles. The van der Waals surface area contributed by atoms with E-state index in [4.69, 9.17) is 60.9 Å². The van der Waals surface area contributed by atoms with Crippen LogP contribution in [0.4, 0.5) is 0 Å². The van der Waals surface area contributed by atoms with Gasteiger partial charge < -0.3 is 4.42 Å². The van der Waals surface area contributed by atoms with Crippen molar-refractivity contribution >= 4 is 46.4 Å². The average Bonchev–Trinajstić information content (AvgIpc) is 3.45. The number of aromatic nitrogens is 3. The molecular weight excluding hydrogens is 548 g/mol. The summed E-state index contributed by atoms with van der Waals surface area (Å²) >= 11 is 25.1. The normalized spacial score (nSPS) is 14.5. The summed E-state index contributed by atoms with van der Waals surface area (Å²) in [5, 5.41) is 7.38. The summed E-state index contributed by atoms with van der Waals surface area (Å²) in [7, 11) is 0. The number of benzene rings is 3. The van der Waals surface area contributed by atoms with E-state index < -0.39 is 0 Å². The van der Waals surface area contributed by atoms with Crippen molar-refractivity contribution in [2.24, 2.45) is 0 Å². The first-order chi connectivity index (χ1) is 17.9. The summed E-state index contributed by atoms with van der Waals surface area (Å²) in [4.78, 5) is 4.74. The zero-order valence-electron chi connectivity index (χ0n) is 19.8. The van der Waals surface area contributed by atoms with Gasteiger partial charge in [0.1, 0.15) is 5.69 Å². The van der Waals surface area contributed by atoms with Gasteiger partial charge >= 0.3 is 0 Å². The second-order valence-electron chi connectivity index (χ2n) is 9.31. The monoisotopic (exact) mass is 567 g/mol. The molecule has 0 atom stereocenters. The molecule has 0 spiro atoms. The van der Waals surface area contributed by atoms with Crippen LogP contribution in [-0.2, 0) is 5.41 Å². The van der Waals surface area contributed by atoms with Crippen LogP contribution in [-0.4, -0.2) is 14.8 Å². The SMILES string of the molecule is Cc1c(-c2cnc(C3(c4ccc(Cl)cc4)CCC3)o2)nn(-c2ccc(Cl)cc2Cl)c1-c1ccc(Cl)cc1. The Bertz CT molecular complexity index is 1600. The fraction of sp³-hybridized carbons (Fsp3) is 0.172. The lowest BCUT2D eigenvalue weighted by atomic mass is 9.64. The quantitative estimate of drug-likeness (QED) is 0.212. The first-order valence-corrected chi connectivity index (χ1v) is 13.4. The maximum absolute atomic E-state index is 6.61. The van der Waals surface area contributed by atoms with Crippen LogP contribution in [0.1, 0.15) is 36.3 Å². The molecule has 1 aliphatic carbocycles. The largest absolute Gasteiger partial charge is 0.438 e. The Kier molecular flexibility index (Phi) is 6.32. The number of hydrogen-bond acceptors (Lipinski definition) is 3. The molecule has 2 heterocycles. The first kappa shape index (κ1) is 24.6. The Morgan fingerprint density at radius 2 is 1.49 bits per heavy atom. The number of halogens is 4. The van der Waals surface area contributed by atoms with Crippen LogP contribution in [0, 0.1) is 6.92 Å². The van der Waals surface area contributed by atoms with Gasteiger partial charge in [-0.05, 0) is 67.8 Å². The maximum Gasteiger partial charge on any atom is 0.205 e. The van der Waals surface area contributed by atoms with Crippen LogP contribution in [0.3, 0.4) is 0 Å². The lowest BCUT2D eigenvalue weighted by Gasteiger charge is -2.39. The molecule has 1 fully saturated rings. The molecular formula is C29H21Cl4N3O. The van der Waals surface area contributed by atoms with Gasteiger partial charge in [0, 0.05) is 26.2 Å². The lowest BCUT2D eigenvalue weighted by Crippen LogP contribution is -2.35. The van der Waals surface area contributed by atoms with Crippen LogP contribution in [0.2, 0.25) is 20.1 Å². The molecule has 186 valence electrons. The van der Waals surface area contributed by atoms with Gasteiger partial charge in [0.25, 0.3) is 0 Å². The van der Waals surface area contributed by atoms with Crippen LogP contribution >= 0.6 is 46.4 Å². The minimum atomic E-state index is -0.252. The molecule has 0 unspecified atom stereocenters. The highest BCUT2D eigenvalue weighted by Crippen LogP contribution is 2.49. The minimum Gasteiger partial charge on any atom is -0.438 e. The van der Waals surface area contributed by atoms with E-state index in [-0.39, 0.29) is 5.41 Å². The Labute approximate surface area is 234 Å². The third-order valence-corrected chi connectivity index (χ3v) is 8.17. The highest BCUT2D eigenvalue weighted by Gasteiger charge is 2.44. The van der Waals surface area contributed by atoms with Gasteiger partial charge in [-0.2, -0.15) is 5.10 Å². The Hall–Kier alpha value is -2.76. The van der Waals surface area contributed by atoms with E-state index in [9.17, 15) is 0 Å². The van der Waals surface area contributed by atoms with E-state index in [1.165, 1.54) is 0 Å². The van der Waals surface area contributed by atoms with E-state index in [1.54, 1.807) is 18.3 Å². The highest BCUT2D eigenvalue weighted by molar-refractivity contribution is 6.35. The summed E-state index contributed by atoms with van der Waals surface area (Å²) in [5.74, 6) is 1.30. The van der Waals surface area contributed by atoms with Crippen molar-refractivity contribution in [3.63, 3.8) is 0 Å². The second kappa shape index (κ2) is 9.52. The number of hydrogen-bond donors (Lipinski definition) is 0. The molecule has 37 heavy (non-hydrogen) atoms. The summed E-state index contributed by atoms with van der Waals surface area (Å²) < 4.78 is 8.28. The van der Waals surface area contributed by atoms with Crippen molar-refractivity contribution in [3.8, 4) is 28.4 Å². The Morgan fingerprint density at radius 1 is 0.838 bits per heavy atom. The zero-order chi connectivity index (χ0) is 25.7. The molecule has 2 aromatic heterocycles. The van der Waals surface area contributed by atoms with Gasteiger partial charge in [-0.15, -0.1) is 0 Å². The number of rotatable bonds is 5. The fourth-order valence-corrected chi connectivity index (χ4v) is 5.77. The molecule has 6 rings (SSSR count). The predicted octanol–water partition coefficient (Wildman–Crippen LogP) is 9.59. The molecule has 0 aliphatic heterocycles. The van der Waals surface area contributed by atoms with Crippen LogP contribution in [0.15, 0.2) is 77.3 Å². The standard InChI is InChI=1S/C29H21Cl4N3O/c1-17-26(25-16-34-28(37-25)29(13-2-14-29)19-5-9-21(31)10-6-19)35-36(24-12-11-22(32)15-23(24)33)27(17)18-3-7-20(30)8-4-18/h3-12,15-16H,2,13-14H2,1H3. The van der Waals surface area contributed by atoms with Crippen molar-refractivity contribution in [1.29, 1.82) is 0 Å². The van der Waals surface area contributed by atoms with Gasteiger partial charge in [-0.3, -0.25) is 0 Å². The van der Waals surface area contributed by atoms with Gasteiger partial charge in [0.05, 0.1) is 28.0 Å². The lowest BCUT2D eigenvalue weighted by molar-refractivity contribution is 0.241. The molecule has 1 aliphatic rings. The van der Waals surface area contributed by atoms with E-state index in [2.05, 4.69) is 12.1 Å². The molecule has 0 N–H and O–H groups in total. The van der Waals surface area contributed by atoms with E-state index >= 15 is 0 Å². The summed E-state index contributed by atoms with van der Waals surface area (Å²) in [6.07, 6.45) is 4.82. The smallest absolute Gasteiger partial charge is 0.205 e. The molecule has 1 saturated carbocycles. The topological polar surface area (TPSA) is 43.9 Å². The van der Waals surface area contributed by atoms with Crippen LogP contribution < -0.4 is 0 Å². The van der Waals surface area contributed by atoms with Gasteiger partial charge in [0.15, 0.2) is 5.76 Å². The molecule has 0 amide bonds. The fourth-order valence-electron chi connectivity index (χ4n) is 5.03. The Balaban J connectivity index is 1.49. The van der Waals surface area contributed by atoms with Crippen molar-refractivity contribution in [1.82, 2.24) is 14.8 Å². The third kappa shape index (κ3) is 4.26. The van der Waals surface area contributed by atoms with Gasteiger partial charge in [-0.25, -0.2) is 9.67 Å². The van der Waals surface area contributed by atoms with Gasteiger partial charge in [0.2, 0.25) is 5.89 Å². The van der Waals surface area contributed by atoms with Crippen molar-refractivity contribution in [2.45, 2.75) is 31.6 Å². The molecule has 0 radical (unpaired) electrons. The van der Waals surface area contributed by atoms with E-state index in [1.807, 2.05) is 54.1 Å². The molecule has 3 aromatic carbocycles. The molecule has 5 aromatic rings. The summed E-state index contributed by atoms with van der Waals surface area (Å²) in [6.45, 7) is 2.02. The zero-order valence-corrected chi connectivity index (χ0v) is 22.8. The highest BCUT2D eigenvalue weighted by atomic mass is 35.5. The molecule has 8 heteroatoms. The number of oxazole rings is 1. The minimum absolute atomic E-state index is 0.252. The first-order valence-electron chi connectivity index (χ1n) is 11.9. The van der Waals surface area contributed by atoms with Crippen molar-refractivity contribution in [2.75, 3.05) is 0 Å². The number of nitrogens with zero attached hydrogens (tertiary/aromatic N) is 3. The molecule has 0 bridgehead atoms.